The topological polar surface area (TPSA) is 30.2 Å². The van der Waals surface area contributed by atoms with Crippen LogP contribution in [-0.2, 0) is 4.57 Å². The summed E-state index contributed by atoms with van der Waals surface area (Å²) in [6.45, 7) is 0. The summed E-state index contributed by atoms with van der Waals surface area (Å²) in [5.74, 6) is 0. The van der Waals surface area contributed by atoms with E-state index in [1.54, 1.807) is 0 Å². The minimum Gasteiger partial charge on any atom is -0.456 e. The van der Waals surface area contributed by atoms with Gasteiger partial charge in [0.15, 0.2) is 7.14 Å². The molecule has 0 unspecified atom stereocenters. The standard InChI is InChI=1S/C24H17O2P/c25-27(18-9-3-1-4-10-18,19-11-5-2-6-12-19)20-15-16-22-21-13-7-8-14-23(21)26-24(22)17-20/h1-17H. The van der Waals surface area contributed by atoms with E-state index >= 15 is 0 Å². The molecule has 5 aromatic rings. The highest BCUT2D eigenvalue weighted by Gasteiger charge is 2.30. The number of fused-ring (bicyclic) bond motifs is 3. The second-order valence-electron chi connectivity index (χ2n) is 6.56. The zero-order valence-electron chi connectivity index (χ0n) is 14.6. The van der Waals surface area contributed by atoms with Crippen LogP contribution in [0.5, 0.6) is 0 Å². The summed E-state index contributed by atoms with van der Waals surface area (Å²) in [7, 11) is -2.98. The molecule has 0 aliphatic heterocycles. The Balaban J connectivity index is 1.80. The lowest BCUT2D eigenvalue weighted by atomic mass is 10.2. The third-order valence-electron chi connectivity index (χ3n) is 4.97. The quantitative estimate of drug-likeness (QED) is 0.409. The molecule has 0 atom stereocenters. The van der Waals surface area contributed by atoms with Crippen LogP contribution in [-0.4, -0.2) is 0 Å². The molecule has 0 radical (unpaired) electrons. The van der Waals surface area contributed by atoms with Gasteiger partial charge in [-0.05, 0) is 24.3 Å². The van der Waals surface area contributed by atoms with Crippen LogP contribution in [0, 0.1) is 0 Å². The first-order chi connectivity index (χ1) is 13.3. The molecule has 2 nitrogen and oxygen atoms in total. The van der Waals surface area contributed by atoms with Crippen molar-refractivity contribution < 1.29 is 8.98 Å². The monoisotopic (exact) mass is 368 g/mol. The van der Waals surface area contributed by atoms with Gasteiger partial charge in [-0.3, -0.25) is 0 Å². The predicted octanol–water partition coefficient (Wildman–Crippen LogP) is 5.23. The van der Waals surface area contributed by atoms with E-state index in [1.165, 1.54) is 0 Å². The van der Waals surface area contributed by atoms with Crippen LogP contribution < -0.4 is 15.9 Å². The van der Waals surface area contributed by atoms with Gasteiger partial charge < -0.3 is 8.98 Å². The Bertz CT molecular complexity index is 1240. The fourth-order valence-electron chi connectivity index (χ4n) is 3.63. The average molecular weight is 368 g/mol. The van der Waals surface area contributed by atoms with Crippen molar-refractivity contribution in [2.75, 3.05) is 0 Å². The third kappa shape index (κ3) is 2.53. The van der Waals surface area contributed by atoms with Gasteiger partial charge in [-0.1, -0.05) is 78.9 Å². The van der Waals surface area contributed by atoms with Crippen molar-refractivity contribution in [1.82, 2.24) is 0 Å². The summed E-state index contributed by atoms with van der Waals surface area (Å²) >= 11 is 0. The summed E-state index contributed by atoms with van der Waals surface area (Å²) in [4.78, 5) is 0. The second-order valence-corrected chi connectivity index (χ2v) is 9.33. The zero-order valence-corrected chi connectivity index (χ0v) is 15.5. The van der Waals surface area contributed by atoms with Gasteiger partial charge in [0.2, 0.25) is 0 Å². The number of rotatable bonds is 3. The van der Waals surface area contributed by atoms with Crippen molar-refractivity contribution in [2.24, 2.45) is 0 Å². The molecular weight excluding hydrogens is 351 g/mol. The van der Waals surface area contributed by atoms with E-state index in [9.17, 15) is 4.57 Å². The Hall–Kier alpha value is -3.09. The van der Waals surface area contributed by atoms with E-state index < -0.39 is 7.14 Å². The van der Waals surface area contributed by atoms with E-state index in [2.05, 4.69) is 6.07 Å². The predicted molar refractivity (Wildman–Crippen MR) is 113 cm³/mol. The summed E-state index contributed by atoms with van der Waals surface area (Å²) in [5, 5.41) is 4.56. The minimum absolute atomic E-state index is 0.765. The first kappa shape index (κ1) is 16.1. The maximum Gasteiger partial charge on any atom is 0.171 e. The number of hydrogen-bond donors (Lipinski definition) is 0. The van der Waals surface area contributed by atoms with Crippen LogP contribution in [0.4, 0.5) is 0 Å². The largest absolute Gasteiger partial charge is 0.456 e. The zero-order chi connectivity index (χ0) is 18.3. The van der Waals surface area contributed by atoms with Gasteiger partial charge in [-0.25, -0.2) is 0 Å². The lowest BCUT2D eigenvalue weighted by molar-refractivity contribution is 0.592. The molecule has 0 saturated heterocycles. The van der Waals surface area contributed by atoms with E-state index in [0.717, 1.165) is 37.9 Å². The van der Waals surface area contributed by atoms with Crippen molar-refractivity contribution in [3.63, 3.8) is 0 Å². The number of hydrogen-bond acceptors (Lipinski definition) is 2. The molecule has 0 N–H and O–H groups in total. The molecule has 1 aromatic heterocycles. The van der Waals surface area contributed by atoms with E-state index in [1.807, 2.05) is 97.1 Å². The molecule has 130 valence electrons. The number of para-hydroxylation sites is 1. The van der Waals surface area contributed by atoms with E-state index in [4.69, 9.17) is 4.42 Å². The highest BCUT2D eigenvalue weighted by Crippen LogP contribution is 2.43. The van der Waals surface area contributed by atoms with Gasteiger partial charge >= 0.3 is 0 Å². The number of furan rings is 1. The van der Waals surface area contributed by atoms with Gasteiger partial charge in [0.25, 0.3) is 0 Å². The van der Waals surface area contributed by atoms with Crippen molar-refractivity contribution in [3.05, 3.63) is 103 Å². The molecule has 4 aromatic carbocycles. The SMILES string of the molecule is O=P(c1ccccc1)(c1ccccc1)c1ccc2c(c1)oc1ccccc12. The van der Waals surface area contributed by atoms with Gasteiger partial charge in [0, 0.05) is 26.7 Å². The fraction of sp³-hybridized carbons (Fsp3) is 0. The molecule has 0 aliphatic carbocycles. The van der Waals surface area contributed by atoms with Crippen LogP contribution in [0.25, 0.3) is 21.9 Å². The Morgan fingerprint density at radius 3 is 1.74 bits per heavy atom. The molecule has 0 amide bonds. The van der Waals surface area contributed by atoms with Crippen LogP contribution in [0.1, 0.15) is 0 Å². The van der Waals surface area contributed by atoms with E-state index in [-0.39, 0.29) is 0 Å². The molecule has 0 fully saturated rings. The molecule has 0 saturated carbocycles. The highest BCUT2D eigenvalue weighted by atomic mass is 31.2. The first-order valence-corrected chi connectivity index (χ1v) is 10.6. The van der Waals surface area contributed by atoms with Crippen LogP contribution >= 0.6 is 7.14 Å². The minimum atomic E-state index is -2.98. The van der Waals surface area contributed by atoms with Crippen molar-refractivity contribution >= 4 is 45.0 Å². The molecule has 0 bridgehead atoms. The maximum absolute atomic E-state index is 14.4. The summed E-state index contributed by atoms with van der Waals surface area (Å²) < 4.78 is 20.5. The molecule has 5 rings (SSSR count). The Kier molecular flexibility index (Phi) is 3.74. The van der Waals surface area contributed by atoms with Gasteiger partial charge in [0.1, 0.15) is 11.2 Å². The van der Waals surface area contributed by atoms with Crippen molar-refractivity contribution in [3.8, 4) is 0 Å². The lowest BCUT2D eigenvalue weighted by Gasteiger charge is -2.19. The van der Waals surface area contributed by atoms with Gasteiger partial charge in [-0.2, -0.15) is 0 Å². The van der Waals surface area contributed by atoms with Crippen molar-refractivity contribution in [1.29, 1.82) is 0 Å². The normalized spacial score (nSPS) is 11.9. The Morgan fingerprint density at radius 2 is 1.07 bits per heavy atom. The maximum atomic E-state index is 14.4. The Labute approximate surface area is 157 Å². The molecule has 3 heteroatoms. The highest BCUT2D eigenvalue weighted by molar-refractivity contribution is 7.85. The summed E-state index contributed by atoms with van der Waals surface area (Å²) in [6.07, 6.45) is 0. The molecule has 1 heterocycles. The van der Waals surface area contributed by atoms with Gasteiger partial charge in [-0.15, -0.1) is 0 Å². The van der Waals surface area contributed by atoms with Crippen LogP contribution in [0.3, 0.4) is 0 Å². The molecule has 0 spiro atoms. The van der Waals surface area contributed by atoms with Gasteiger partial charge in [0.05, 0.1) is 0 Å². The smallest absolute Gasteiger partial charge is 0.171 e. The second kappa shape index (κ2) is 6.26. The van der Waals surface area contributed by atoms with Crippen LogP contribution in [0.15, 0.2) is 108 Å². The summed E-state index contributed by atoms with van der Waals surface area (Å²) in [5.41, 5.74) is 1.61. The molecular formula is C24H17O2P. The third-order valence-corrected chi connectivity index (χ3v) is 8.02. The lowest BCUT2D eigenvalue weighted by Crippen LogP contribution is -2.24. The number of benzene rings is 4. The molecule has 0 aliphatic rings. The Morgan fingerprint density at radius 1 is 0.519 bits per heavy atom. The van der Waals surface area contributed by atoms with Crippen molar-refractivity contribution in [2.45, 2.75) is 0 Å². The molecule has 27 heavy (non-hydrogen) atoms. The van der Waals surface area contributed by atoms with E-state index in [0.29, 0.717) is 0 Å². The van der Waals surface area contributed by atoms with Crippen LogP contribution in [0.2, 0.25) is 0 Å². The average Bonchev–Trinajstić information content (AvgIpc) is 3.12. The first-order valence-electron chi connectivity index (χ1n) is 8.90. The summed E-state index contributed by atoms with van der Waals surface area (Å²) in [6, 6.07) is 33.3. The fourth-order valence-corrected chi connectivity index (χ4v) is 6.30.